The van der Waals surface area contributed by atoms with Gasteiger partial charge in [0.2, 0.25) is 5.91 Å². The predicted molar refractivity (Wildman–Crippen MR) is 150 cm³/mol. The summed E-state index contributed by atoms with van der Waals surface area (Å²) in [4.78, 5) is 41.2. The number of benzene rings is 3. The molecule has 39 heavy (non-hydrogen) atoms. The maximum atomic E-state index is 14.6. The van der Waals surface area contributed by atoms with Crippen LogP contribution in [0, 0.1) is 9.39 Å². The lowest BCUT2D eigenvalue weighted by Gasteiger charge is -2.30. The van der Waals surface area contributed by atoms with Crippen molar-refractivity contribution in [3.05, 3.63) is 93.3 Å². The van der Waals surface area contributed by atoms with E-state index < -0.39 is 47.8 Å². The third kappa shape index (κ3) is 6.37. The van der Waals surface area contributed by atoms with Gasteiger partial charge in [-0.15, -0.1) is 0 Å². The smallest absolute Gasteiger partial charge is 0.325 e. The molecule has 0 aliphatic carbocycles. The van der Waals surface area contributed by atoms with Crippen LogP contribution >= 0.6 is 22.6 Å². The zero-order valence-corrected chi connectivity index (χ0v) is 23.0. The number of imide groups is 1. The van der Waals surface area contributed by atoms with Crippen LogP contribution in [-0.2, 0) is 9.59 Å². The molecule has 3 aromatic rings. The molecule has 204 valence electrons. The first-order chi connectivity index (χ1) is 18.7. The Hall–Kier alpha value is -3.55. The summed E-state index contributed by atoms with van der Waals surface area (Å²) in [6.07, 6.45) is -0.796. The fourth-order valence-corrected chi connectivity index (χ4v) is 4.80. The van der Waals surface area contributed by atoms with Crippen molar-refractivity contribution in [3.63, 3.8) is 0 Å². The van der Waals surface area contributed by atoms with Gasteiger partial charge in [0, 0.05) is 9.49 Å². The van der Waals surface area contributed by atoms with E-state index in [9.17, 15) is 29.0 Å². The van der Waals surface area contributed by atoms with Crippen molar-refractivity contribution in [1.82, 2.24) is 10.2 Å². The average molecular weight is 647 g/mol. The van der Waals surface area contributed by atoms with Gasteiger partial charge in [0.15, 0.2) is 0 Å². The number of nitrogens with zero attached hydrogens (tertiary/aromatic N) is 1. The molecule has 0 spiro atoms. The van der Waals surface area contributed by atoms with Crippen LogP contribution in [0.25, 0.3) is 0 Å². The lowest BCUT2D eigenvalue weighted by Crippen LogP contribution is -2.50. The van der Waals surface area contributed by atoms with Crippen LogP contribution in [-0.4, -0.2) is 58.3 Å². The molecular weight excluding hydrogens is 620 g/mol. The van der Waals surface area contributed by atoms with E-state index in [1.165, 1.54) is 12.1 Å². The van der Waals surface area contributed by atoms with Gasteiger partial charge in [-0.1, -0.05) is 49.4 Å². The van der Waals surface area contributed by atoms with Gasteiger partial charge in [-0.2, -0.15) is 0 Å². The molecule has 1 saturated heterocycles. The van der Waals surface area contributed by atoms with E-state index in [1.807, 2.05) is 28.7 Å². The molecule has 4 N–H and O–H groups in total. The highest BCUT2D eigenvalue weighted by atomic mass is 127. The first-order valence-corrected chi connectivity index (χ1v) is 13.2. The zero-order valence-electron chi connectivity index (χ0n) is 20.9. The first kappa shape index (κ1) is 28.5. The molecule has 0 bridgehead atoms. The number of rotatable bonds is 10. The van der Waals surface area contributed by atoms with E-state index >= 15 is 0 Å². The van der Waals surface area contributed by atoms with Crippen molar-refractivity contribution in [2.45, 2.75) is 31.0 Å². The maximum Gasteiger partial charge on any atom is 0.325 e. The Labute approximate surface area is 238 Å². The summed E-state index contributed by atoms with van der Waals surface area (Å²) < 4.78 is 20.7. The van der Waals surface area contributed by atoms with E-state index in [2.05, 4.69) is 10.6 Å². The van der Waals surface area contributed by atoms with E-state index in [-0.39, 0.29) is 18.9 Å². The van der Waals surface area contributed by atoms with Crippen molar-refractivity contribution < 1.29 is 33.7 Å². The third-order valence-electron chi connectivity index (χ3n) is 6.43. The molecule has 1 aliphatic rings. The number of nitrogens with one attached hydrogen (secondary N) is 2. The molecule has 0 saturated carbocycles. The second kappa shape index (κ2) is 12.5. The molecule has 3 aromatic carbocycles. The number of ether oxygens (including phenoxy) is 1. The van der Waals surface area contributed by atoms with Gasteiger partial charge in [-0.3, -0.25) is 9.59 Å². The SMILES string of the molecule is C[C@@H](c1ccccc1)[C@@H](C(=O)Nc1ccc(I)cc1F)N1C(=O)N[C@H](c2ccc(OC(CO)CO)cc2)C1=O. The number of carbonyl (C=O) groups is 3. The summed E-state index contributed by atoms with van der Waals surface area (Å²) in [7, 11) is 0. The third-order valence-corrected chi connectivity index (χ3v) is 7.10. The monoisotopic (exact) mass is 647 g/mol. The summed E-state index contributed by atoms with van der Waals surface area (Å²) in [6, 6.07) is 16.4. The topological polar surface area (TPSA) is 128 Å². The van der Waals surface area contributed by atoms with E-state index in [0.717, 1.165) is 4.90 Å². The Kier molecular flexibility index (Phi) is 9.15. The molecule has 1 fully saturated rings. The van der Waals surface area contributed by atoms with Gasteiger partial charge in [-0.25, -0.2) is 14.1 Å². The van der Waals surface area contributed by atoms with Crippen LogP contribution in [0.1, 0.15) is 30.0 Å². The average Bonchev–Trinajstić information content (AvgIpc) is 3.23. The van der Waals surface area contributed by atoms with E-state index in [0.29, 0.717) is 20.4 Å². The van der Waals surface area contributed by atoms with Gasteiger partial charge in [0.1, 0.15) is 29.8 Å². The molecular formula is C28H27FIN3O6. The molecule has 0 unspecified atom stereocenters. The minimum Gasteiger partial charge on any atom is -0.486 e. The molecule has 1 aliphatic heterocycles. The van der Waals surface area contributed by atoms with E-state index in [4.69, 9.17) is 4.74 Å². The van der Waals surface area contributed by atoms with Crippen LogP contribution < -0.4 is 15.4 Å². The van der Waals surface area contributed by atoms with Gasteiger partial charge < -0.3 is 25.6 Å². The lowest BCUT2D eigenvalue weighted by atomic mass is 9.91. The van der Waals surface area contributed by atoms with Crippen LogP contribution in [0.3, 0.4) is 0 Å². The fourth-order valence-electron chi connectivity index (χ4n) is 4.35. The van der Waals surface area contributed by atoms with Crippen molar-refractivity contribution >= 4 is 46.1 Å². The number of anilines is 1. The summed E-state index contributed by atoms with van der Waals surface area (Å²) >= 11 is 1.95. The summed E-state index contributed by atoms with van der Waals surface area (Å²) in [5, 5.41) is 23.6. The van der Waals surface area contributed by atoms with Crippen LogP contribution in [0.5, 0.6) is 5.75 Å². The maximum absolute atomic E-state index is 14.6. The molecule has 11 heteroatoms. The second-order valence-electron chi connectivity index (χ2n) is 9.02. The minimum absolute atomic E-state index is 0.0612. The minimum atomic E-state index is -1.28. The molecule has 0 radical (unpaired) electrons. The van der Waals surface area contributed by atoms with Crippen molar-refractivity contribution in [2.24, 2.45) is 0 Å². The standard InChI is InChI=1S/C28H27FIN3O6/c1-16(17-5-3-2-4-6-17)25(26(36)31-23-12-9-19(30)13-22(23)29)33-27(37)24(32-28(33)38)18-7-10-20(11-8-18)39-21(14-34)15-35/h2-13,16,21,24-25,34-35H,14-15H2,1H3,(H,31,36)(H,32,38)/t16-,24+,25-/m0/s1. The highest BCUT2D eigenvalue weighted by Crippen LogP contribution is 2.32. The summed E-state index contributed by atoms with van der Waals surface area (Å²) in [6.45, 7) is 0.974. The Balaban J connectivity index is 1.62. The number of amides is 4. The molecule has 4 amide bonds. The largest absolute Gasteiger partial charge is 0.486 e. The number of aliphatic hydroxyl groups excluding tert-OH is 2. The number of urea groups is 1. The zero-order chi connectivity index (χ0) is 28.1. The highest BCUT2D eigenvalue weighted by molar-refractivity contribution is 14.1. The molecule has 0 aromatic heterocycles. The van der Waals surface area contributed by atoms with Crippen molar-refractivity contribution in [1.29, 1.82) is 0 Å². The Morgan fingerprint density at radius 2 is 1.74 bits per heavy atom. The lowest BCUT2D eigenvalue weighted by molar-refractivity contribution is -0.134. The van der Waals surface area contributed by atoms with Gasteiger partial charge in [-0.05, 0) is 64.0 Å². The Bertz CT molecular complexity index is 1340. The second-order valence-corrected chi connectivity index (χ2v) is 10.3. The Morgan fingerprint density at radius 3 is 2.36 bits per heavy atom. The predicted octanol–water partition coefficient (Wildman–Crippen LogP) is 3.57. The highest BCUT2D eigenvalue weighted by Gasteiger charge is 2.47. The fraction of sp³-hybridized carbons (Fsp3) is 0.250. The van der Waals surface area contributed by atoms with Gasteiger partial charge in [0.25, 0.3) is 5.91 Å². The summed E-state index contributed by atoms with van der Waals surface area (Å²) in [5.41, 5.74) is 1.10. The summed E-state index contributed by atoms with van der Waals surface area (Å²) in [5.74, 6) is -2.24. The molecule has 3 atom stereocenters. The molecule has 1 heterocycles. The number of hydrogen-bond acceptors (Lipinski definition) is 6. The van der Waals surface area contributed by atoms with Crippen LogP contribution in [0.4, 0.5) is 14.9 Å². The normalized spacial score (nSPS) is 16.7. The van der Waals surface area contributed by atoms with Gasteiger partial charge in [0.05, 0.1) is 18.9 Å². The number of carbonyl (C=O) groups excluding carboxylic acids is 3. The first-order valence-electron chi connectivity index (χ1n) is 12.2. The number of halogens is 2. The van der Waals surface area contributed by atoms with E-state index in [1.54, 1.807) is 61.5 Å². The van der Waals surface area contributed by atoms with Crippen molar-refractivity contribution in [2.75, 3.05) is 18.5 Å². The molecule has 4 rings (SSSR count). The Morgan fingerprint density at radius 1 is 1.08 bits per heavy atom. The number of hydrogen-bond donors (Lipinski definition) is 4. The number of aliphatic hydroxyl groups is 2. The van der Waals surface area contributed by atoms with Crippen molar-refractivity contribution in [3.8, 4) is 5.75 Å². The van der Waals surface area contributed by atoms with Crippen LogP contribution in [0.2, 0.25) is 0 Å². The molecule has 9 nitrogen and oxygen atoms in total. The quantitative estimate of drug-likeness (QED) is 0.197. The van der Waals surface area contributed by atoms with Crippen LogP contribution in [0.15, 0.2) is 72.8 Å². The van der Waals surface area contributed by atoms with Gasteiger partial charge >= 0.3 is 6.03 Å².